The Morgan fingerprint density at radius 1 is 0.423 bits per heavy atom. The van der Waals surface area contributed by atoms with Crippen LogP contribution in [0.5, 0.6) is 0 Å². The lowest BCUT2D eigenvalue weighted by Crippen LogP contribution is -2.59. The van der Waals surface area contributed by atoms with Gasteiger partial charge >= 0.3 is 0 Å². The molecule has 4 nitrogen and oxygen atoms in total. The summed E-state index contributed by atoms with van der Waals surface area (Å²) in [7, 11) is 0. The summed E-state index contributed by atoms with van der Waals surface area (Å²) < 4.78 is 0. The Bertz CT molecular complexity index is 1240. The molecule has 2 amide bonds. The largest absolute Gasteiger partial charge is 0.339 e. The molecule has 1 saturated heterocycles. The highest BCUT2D eigenvalue weighted by atomic mass is 16.2. The van der Waals surface area contributed by atoms with Crippen LogP contribution in [0.3, 0.4) is 0 Å². The molecule has 0 bridgehead atoms. The molecule has 0 radical (unpaired) electrons. The summed E-state index contributed by atoms with van der Waals surface area (Å²) in [6.07, 6.45) is 62.9. The fourth-order valence-corrected chi connectivity index (χ4v) is 5.89. The SMILES string of the molecule is CC/C=C\C/C=C\C/C=C\C/C=C\C/C=C\C/C=C\CCC(=O)N1C[C@@H](C)N(C(=O)CCC/C=C\C/C=C\C/C=C\C/C=C\C/C=C\CC)[C@@H](C)C1. The second-order valence-corrected chi connectivity index (χ2v) is 13.4. The lowest BCUT2D eigenvalue weighted by Gasteiger charge is -2.44. The monoisotopic (exact) mass is 709 g/mol. The minimum atomic E-state index is 0.0415. The van der Waals surface area contributed by atoms with Gasteiger partial charge in [0, 0.05) is 38.0 Å². The quantitative estimate of drug-likeness (QED) is 0.0629. The number of piperazine rings is 1. The minimum absolute atomic E-state index is 0.0415. The van der Waals surface area contributed by atoms with E-state index in [1.807, 2.05) is 9.80 Å². The Morgan fingerprint density at radius 3 is 1.08 bits per heavy atom. The zero-order valence-electron chi connectivity index (χ0n) is 33.3. The van der Waals surface area contributed by atoms with Crippen molar-refractivity contribution in [2.45, 2.75) is 143 Å². The van der Waals surface area contributed by atoms with Gasteiger partial charge in [-0.25, -0.2) is 0 Å². The second kappa shape index (κ2) is 34.2. The van der Waals surface area contributed by atoms with Crippen LogP contribution in [0.15, 0.2) is 134 Å². The van der Waals surface area contributed by atoms with Crippen LogP contribution < -0.4 is 0 Å². The molecular weight excluding hydrogens is 637 g/mol. The van der Waals surface area contributed by atoms with Gasteiger partial charge in [0.2, 0.25) is 11.8 Å². The number of allylic oxidation sites excluding steroid dienone is 22. The van der Waals surface area contributed by atoms with Crippen LogP contribution in [-0.4, -0.2) is 46.8 Å². The molecule has 0 unspecified atom stereocenters. The average molecular weight is 709 g/mol. The number of carbonyl (C=O) groups is 2. The molecule has 2 atom stereocenters. The molecule has 0 aromatic heterocycles. The maximum atomic E-state index is 13.1. The molecule has 1 aliphatic rings. The average Bonchev–Trinajstić information content (AvgIpc) is 3.13. The Hall–Kier alpha value is -3.92. The van der Waals surface area contributed by atoms with Crippen molar-refractivity contribution in [3.63, 3.8) is 0 Å². The maximum absolute atomic E-state index is 13.1. The molecule has 0 spiro atoms. The molecule has 0 aromatic rings. The molecule has 0 aromatic carbocycles. The maximum Gasteiger partial charge on any atom is 0.223 e. The van der Waals surface area contributed by atoms with E-state index in [2.05, 4.69) is 161 Å². The van der Waals surface area contributed by atoms with Gasteiger partial charge in [0.25, 0.3) is 0 Å². The summed E-state index contributed by atoms with van der Waals surface area (Å²) in [6.45, 7) is 9.69. The zero-order chi connectivity index (χ0) is 37.7. The molecule has 0 aliphatic carbocycles. The number of unbranched alkanes of at least 4 members (excludes halogenated alkanes) is 1. The molecule has 4 heteroatoms. The van der Waals surface area contributed by atoms with E-state index in [0.29, 0.717) is 25.9 Å². The van der Waals surface area contributed by atoms with Crippen LogP contribution >= 0.6 is 0 Å². The minimum Gasteiger partial charge on any atom is -0.339 e. The van der Waals surface area contributed by atoms with E-state index in [0.717, 1.165) is 89.9 Å². The van der Waals surface area contributed by atoms with Crippen molar-refractivity contribution in [1.29, 1.82) is 0 Å². The van der Waals surface area contributed by atoms with Gasteiger partial charge < -0.3 is 9.80 Å². The van der Waals surface area contributed by atoms with Gasteiger partial charge in [-0.2, -0.15) is 0 Å². The summed E-state index contributed by atoms with van der Waals surface area (Å²) in [5, 5.41) is 0. The van der Waals surface area contributed by atoms with Gasteiger partial charge in [-0.05, 0) is 104 Å². The predicted molar refractivity (Wildman–Crippen MR) is 228 cm³/mol. The Labute approximate surface area is 319 Å². The van der Waals surface area contributed by atoms with Gasteiger partial charge in [-0.3, -0.25) is 9.59 Å². The second-order valence-electron chi connectivity index (χ2n) is 13.4. The van der Waals surface area contributed by atoms with Crippen LogP contribution in [0.1, 0.15) is 130 Å². The summed E-state index contributed by atoms with van der Waals surface area (Å²) in [5.41, 5.74) is 0. The summed E-state index contributed by atoms with van der Waals surface area (Å²) in [4.78, 5) is 30.0. The third kappa shape index (κ3) is 25.9. The standard InChI is InChI=1S/C48H72N2O2/c1-5-7-9-11-13-15-17-19-21-23-24-26-27-29-31-33-35-37-39-41-47(51)49-43-45(3)50(46(4)44-49)48(52)42-40-38-36-34-32-30-28-25-22-20-18-16-14-12-10-8-6-2/h7-10,13-16,19-22,24,26,28-31,34-37,45-46H,5-6,11-12,17-18,23,25,27,32-33,38-44H2,1-4H3/b9-7-,10-8-,15-13-,16-14-,21-19-,22-20-,26-24-,30-28-,31-29-,36-34-,37-35-/t45-,46+. The van der Waals surface area contributed by atoms with E-state index in [1.54, 1.807) is 0 Å². The Balaban J connectivity index is 2.16. The number of hydrogen-bond donors (Lipinski definition) is 0. The van der Waals surface area contributed by atoms with Crippen molar-refractivity contribution in [2.75, 3.05) is 13.1 Å². The first-order valence-electron chi connectivity index (χ1n) is 20.2. The fraction of sp³-hybridized carbons (Fsp3) is 0.500. The van der Waals surface area contributed by atoms with E-state index in [4.69, 9.17) is 0 Å². The highest BCUT2D eigenvalue weighted by Crippen LogP contribution is 2.19. The van der Waals surface area contributed by atoms with Gasteiger partial charge in [0.15, 0.2) is 0 Å². The van der Waals surface area contributed by atoms with E-state index in [9.17, 15) is 9.59 Å². The fourth-order valence-electron chi connectivity index (χ4n) is 5.89. The van der Waals surface area contributed by atoms with Gasteiger partial charge in [-0.15, -0.1) is 0 Å². The number of nitrogens with zero attached hydrogens (tertiary/aromatic N) is 2. The lowest BCUT2D eigenvalue weighted by atomic mass is 10.1. The van der Waals surface area contributed by atoms with Crippen LogP contribution in [0.2, 0.25) is 0 Å². The van der Waals surface area contributed by atoms with Crippen LogP contribution in [0, 0.1) is 0 Å². The van der Waals surface area contributed by atoms with Crippen molar-refractivity contribution in [3.8, 4) is 0 Å². The molecular formula is C48H72N2O2. The summed E-state index contributed by atoms with van der Waals surface area (Å²) in [5.74, 6) is 0.390. The molecule has 286 valence electrons. The molecule has 0 saturated carbocycles. The molecule has 1 fully saturated rings. The van der Waals surface area contributed by atoms with Crippen LogP contribution in [-0.2, 0) is 9.59 Å². The lowest BCUT2D eigenvalue weighted by molar-refractivity contribution is -0.146. The third-order valence-corrected chi connectivity index (χ3v) is 8.60. The Kier molecular flexibility index (Phi) is 30.3. The third-order valence-electron chi connectivity index (χ3n) is 8.60. The van der Waals surface area contributed by atoms with Crippen LogP contribution in [0.4, 0.5) is 0 Å². The highest BCUT2D eigenvalue weighted by Gasteiger charge is 2.33. The van der Waals surface area contributed by atoms with Gasteiger partial charge in [0.1, 0.15) is 0 Å². The number of amides is 2. The van der Waals surface area contributed by atoms with Crippen molar-refractivity contribution < 1.29 is 9.59 Å². The summed E-state index contributed by atoms with van der Waals surface area (Å²) in [6, 6.07) is 0.0829. The summed E-state index contributed by atoms with van der Waals surface area (Å²) >= 11 is 0. The molecule has 1 rings (SSSR count). The Morgan fingerprint density at radius 2 is 0.731 bits per heavy atom. The predicted octanol–water partition coefficient (Wildman–Crippen LogP) is 12.8. The van der Waals surface area contributed by atoms with Crippen molar-refractivity contribution in [2.24, 2.45) is 0 Å². The van der Waals surface area contributed by atoms with Crippen molar-refractivity contribution in [3.05, 3.63) is 134 Å². The molecule has 52 heavy (non-hydrogen) atoms. The van der Waals surface area contributed by atoms with E-state index >= 15 is 0 Å². The normalized spacial score (nSPS) is 17.9. The van der Waals surface area contributed by atoms with Crippen molar-refractivity contribution >= 4 is 11.8 Å². The van der Waals surface area contributed by atoms with Gasteiger partial charge in [-0.1, -0.05) is 148 Å². The number of hydrogen-bond acceptors (Lipinski definition) is 2. The molecule has 1 aliphatic heterocycles. The van der Waals surface area contributed by atoms with E-state index in [-0.39, 0.29) is 23.9 Å². The highest BCUT2D eigenvalue weighted by molar-refractivity contribution is 5.79. The smallest absolute Gasteiger partial charge is 0.223 e. The topological polar surface area (TPSA) is 40.6 Å². The number of rotatable bonds is 27. The first-order valence-corrected chi connectivity index (χ1v) is 20.2. The first kappa shape index (κ1) is 46.1. The van der Waals surface area contributed by atoms with Crippen LogP contribution in [0.25, 0.3) is 0 Å². The number of carbonyl (C=O) groups excluding carboxylic acids is 2. The molecule has 0 N–H and O–H groups in total. The van der Waals surface area contributed by atoms with Gasteiger partial charge in [0.05, 0.1) is 0 Å². The zero-order valence-corrected chi connectivity index (χ0v) is 33.3. The molecule has 1 heterocycles. The van der Waals surface area contributed by atoms with E-state index < -0.39 is 0 Å². The van der Waals surface area contributed by atoms with Crippen molar-refractivity contribution in [1.82, 2.24) is 9.80 Å². The first-order chi connectivity index (χ1) is 25.5. The van der Waals surface area contributed by atoms with E-state index in [1.165, 1.54) is 0 Å².